The van der Waals surface area contributed by atoms with Crippen molar-refractivity contribution in [1.29, 1.82) is 0 Å². The molecule has 10 heteroatoms. The first-order chi connectivity index (χ1) is 18.5. The largest absolute Gasteiger partial charge is 0.492 e. The number of nitrogens with one attached hydrogen (secondary N) is 1. The lowest BCUT2D eigenvalue weighted by Crippen LogP contribution is -2.41. The summed E-state index contributed by atoms with van der Waals surface area (Å²) in [4.78, 5) is 28.9. The van der Waals surface area contributed by atoms with E-state index in [1.54, 1.807) is 13.0 Å². The highest BCUT2D eigenvalue weighted by molar-refractivity contribution is 7.14. The number of rotatable bonds is 7. The zero-order chi connectivity index (χ0) is 27.9. The van der Waals surface area contributed by atoms with Gasteiger partial charge in [-0.05, 0) is 68.4 Å². The Labute approximate surface area is 232 Å². The summed E-state index contributed by atoms with van der Waals surface area (Å²) in [5.74, 6) is -1.08. The van der Waals surface area contributed by atoms with Crippen LogP contribution < -0.4 is 5.32 Å². The molecule has 1 amide bonds. The molecule has 5 rings (SSSR count). The number of aromatic nitrogens is 1. The number of ether oxygens (including phenoxy) is 1. The molecule has 0 bridgehead atoms. The number of nitrogens with zero attached hydrogens (tertiary/aromatic N) is 1. The molecule has 1 saturated heterocycles. The number of aryl methyl sites for hydroxylation is 1. The molecular weight excluding hydrogens is 515 g/mol. The fourth-order valence-electron chi connectivity index (χ4n) is 4.86. The minimum absolute atomic E-state index is 0.0472. The van der Waals surface area contributed by atoms with Crippen molar-refractivity contribution in [2.24, 2.45) is 0 Å². The van der Waals surface area contributed by atoms with Crippen LogP contribution in [0.5, 0.6) is 0 Å². The van der Waals surface area contributed by atoms with Gasteiger partial charge in [0.1, 0.15) is 16.5 Å². The summed E-state index contributed by atoms with van der Waals surface area (Å²) >= 11 is 1.06. The number of thiazole rings is 1. The number of hydrogen-bond acceptors (Lipinski definition) is 7. The van der Waals surface area contributed by atoms with E-state index in [0.29, 0.717) is 16.2 Å². The fraction of sp³-hybridized carbons (Fsp3) is 0.345. The lowest BCUT2D eigenvalue weighted by molar-refractivity contribution is 0.00578. The molecule has 3 aromatic rings. The molecule has 2 N–H and O–H groups in total. The van der Waals surface area contributed by atoms with Crippen LogP contribution in [0.2, 0.25) is 0 Å². The molecule has 0 atom stereocenters. The predicted octanol–water partition coefficient (Wildman–Crippen LogP) is 5.70. The molecule has 0 saturated carbocycles. The first kappa shape index (κ1) is 27.1. The number of amides is 1. The predicted molar refractivity (Wildman–Crippen MR) is 151 cm³/mol. The van der Waals surface area contributed by atoms with Gasteiger partial charge in [-0.15, -0.1) is 11.3 Å². The Bertz CT molecular complexity index is 1400. The molecule has 8 nitrogen and oxygen atoms in total. The molecule has 2 aromatic carbocycles. The Hall–Kier alpha value is -3.47. The molecule has 39 heavy (non-hydrogen) atoms. The second-order valence-electron chi connectivity index (χ2n) is 10.8. The Morgan fingerprint density at radius 1 is 1.05 bits per heavy atom. The van der Waals surface area contributed by atoms with Gasteiger partial charge in [0.2, 0.25) is 0 Å². The van der Waals surface area contributed by atoms with Gasteiger partial charge in [-0.1, -0.05) is 48.5 Å². The van der Waals surface area contributed by atoms with Crippen molar-refractivity contribution in [3.05, 3.63) is 80.7 Å². The fourth-order valence-corrected chi connectivity index (χ4v) is 5.74. The lowest BCUT2D eigenvalue weighted by atomic mass is 9.77. The summed E-state index contributed by atoms with van der Waals surface area (Å²) in [6, 6.07) is 16.3. The summed E-state index contributed by atoms with van der Waals surface area (Å²) in [6.07, 6.45) is 1.15. The van der Waals surface area contributed by atoms with Gasteiger partial charge in [0, 0.05) is 12.5 Å². The Kier molecular flexibility index (Phi) is 7.13. The Morgan fingerprint density at radius 3 is 2.15 bits per heavy atom. The number of carboxylic acid groups (broad SMARTS) is 1. The third kappa shape index (κ3) is 5.24. The van der Waals surface area contributed by atoms with Crippen molar-refractivity contribution >= 4 is 36.6 Å². The molecule has 0 spiro atoms. The summed E-state index contributed by atoms with van der Waals surface area (Å²) in [6.45, 7) is 9.71. The van der Waals surface area contributed by atoms with Gasteiger partial charge in [0.15, 0.2) is 0 Å². The maximum absolute atomic E-state index is 12.9. The number of hydrogen-bond donors (Lipinski definition) is 2. The smallest absolute Gasteiger partial charge is 0.477 e. The van der Waals surface area contributed by atoms with Gasteiger partial charge >= 0.3 is 19.2 Å². The van der Waals surface area contributed by atoms with Crippen molar-refractivity contribution in [2.75, 3.05) is 13.2 Å². The summed E-state index contributed by atoms with van der Waals surface area (Å²) < 4.78 is 18.1. The first-order valence-electron chi connectivity index (χ1n) is 12.8. The van der Waals surface area contributed by atoms with Crippen LogP contribution in [0.1, 0.15) is 65.1 Å². The average Bonchev–Trinajstić information content (AvgIpc) is 3.48. The van der Waals surface area contributed by atoms with Crippen molar-refractivity contribution in [3.8, 4) is 11.1 Å². The van der Waals surface area contributed by atoms with Crippen LogP contribution in [-0.2, 0) is 14.0 Å². The molecular formula is C29H31BN2O6S. The van der Waals surface area contributed by atoms with E-state index in [1.165, 1.54) is 0 Å². The SMILES string of the molecule is Cc1nc(C=C(CNC(=O)OCC2c3ccccc3-c3ccccc32)B2OC(C)(C)C(C)(C)O2)sc1C(=O)O. The Morgan fingerprint density at radius 2 is 1.62 bits per heavy atom. The van der Waals surface area contributed by atoms with E-state index < -0.39 is 30.4 Å². The first-order valence-corrected chi connectivity index (χ1v) is 13.6. The summed E-state index contributed by atoms with van der Waals surface area (Å²) in [7, 11) is -0.749. The van der Waals surface area contributed by atoms with Crippen LogP contribution in [0.25, 0.3) is 17.2 Å². The van der Waals surface area contributed by atoms with Crippen molar-refractivity contribution in [1.82, 2.24) is 10.3 Å². The molecule has 2 aliphatic rings. The van der Waals surface area contributed by atoms with E-state index in [1.807, 2.05) is 52.0 Å². The highest BCUT2D eigenvalue weighted by Gasteiger charge is 2.52. The standard InChI is InChI=1S/C29H31BN2O6S/c1-17-25(26(33)34)39-24(32-17)14-18(30-37-28(2,3)29(4,5)38-30)15-31-27(35)36-16-23-21-12-8-6-10-19(21)20-11-7-9-13-22(20)23/h6-14,23H,15-16H2,1-5H3,(H,31,35)(H,33,34). The van der Waals surface area contributed by atoms with Gasteiger partial charge in [-0.3, -0.25) is 0 Å². The van der Waals surface area contributed by atoms with E-state index in [4.69, 9.17) is 14.0 Å². The normalized spacial score (nSPS) is 17.6. The highest BCUT2D eigenvalue weighted by atomic mass is 32.1. The quantitative estimate of drug-likeness (QED) is 0.366. The van der Waals surface area contributed by atoms with Crippen LogP contribution in [0.15, 0.2) is 54.0 Å². The van der Waals surface area contributed by atoms with Crippen LogP contribution in [-0.4, -0.2) is 53.6 Å². The zero-order valence-electron chi connectivity index (χ0n) is 22.6. The van der Waals surface area contributed by atoms with Crippen LogP contribution in [0, 0.1) is 6.92 Å². The van der Waals surface area contributed by atoms with Gasteiger partial charge in [-0.2, -0.15) is 0 Å². The zero-order valence-corrected chi connectivity index (χ0v) is 23.4. The summed E-state index contributed by atoms with van der Waals surface area (Å²) in [5.41, 5.74) is 4.44. The van der Waals surface area contributed by atoms with Gasteiger partial charge in [-0.25, -0.2) is 14.6 Å². The molecule has 2 heterocycles. The second-order valence-corrected chi connectivity index (χ2v) is 11.8. The van der Waals surface area contributed by atoms with Crippen LogP contribution in [0.4, 0.5) is 4.79 Å². The van der Waals surface area contributed by atoms with Gasteiger partial charge in [0.25, 0.3) is 0 Å². The maximum atomic E-state index is 12.9. The van der Waals surface area contributed by atoms with Crippen molar-refractivity contribution in [2.45, 2.75) is 51.7 Å². The molecule has 0 unspecified atom stereocenters. The van der Waals surface area contributed by atoms with E-state index in [9.17, 15) is 14.7 Å². The topological polar surface area (TPSA) is 107 Å². The number of carbonyl (C=O) groups excluding carboxylic acids is 1. The molecule has 1 aromatic heterocycles. The van der Waals surface area contributed by atoms with E-state index in [2.05, 4.69) is 34.6 Å². The number of carbonyl (C=O) groups is 2. The molecule has 0 radical (unpaired) electrons. The van der Waals surface area contributed by atoms with E-state index in [0.717, 1.165) is 33.6 Å². The molecule has 1 aliphatic heterocycles. The van der Waals surface area contributed by atoms with Crippen LogP contribution >= 0.6 is 11.3 Å². The van der Waals surface area contributed by atoms with E-state index in [-0.39, 0.29) is 23.9 Å². The second kappa shape index (κ2) is 10.3. The maximum Gasteiger partial charge on any atom is 0.492 e. The number of aromatic carboxylic acids is 1. The van der Waals surface area contributed by atoms with E-state index >= 15 is 0 Å². The monoisotopic (exact) mass is 546 g/mol. The third-order valence-electron chi connectivity index (χ3n) is 7.65. The molecule has 1 fully saturated rings. The average molecular weight is 546 g/mol. The van der Waals surface area contributed by atoms with Crippen LogP contribution in [0.3, 0.4) is 0 Å². The Balaban J connectivity index is 1.31. The number of fused-ring (bicyclic) bond motifs is 3. The van der Waals surface area contributed by atoms with Crippen molar-refractivity contribution < 1.29 is 28.7 Å². The molecule has 1 aliphatic carbocycles. The number of benzene rings is 2. The minimum Gasteiger partial charge on any atom is -0.477 e. The summed E-state index contributed by atoms with van der Waals surface area (Å²) in [5, 5.41) is 12.7. The number of alkyl carbamates (subject to hydrolysis) is 1. The van der Waals surface area contributed by atoms with Gasteiger partial charge in [0.05, 0.1) is 16.9 Å². The minimum atomic E-state index is -1.03. The highest BCUT2D eigenvalue weighted by Crippen LogP contribution is 2.44. The van der Waals surface area contributed by atoms with Gasteiger partial charge < -0.3 is 24.5 Å². The third-order valence-corrected chi connectivity index (χ3v) is 8.75. The molecule has 202 valence electrons. The number of carboxylic acids is 1. The van der Waals surface area contributed by atoms with Crippen molar-refractivity contribution in [3.63, 3.8) is 0 Å². The lowest BCUT2D eigenvalue weighted by Gasteiger charge is -2.32.